The van der Waals surface area contributed by atoms with E-state index in [4.69, 9.17) is 5.26 Å². The second-order valence-electron chi connectivity index (χ2n) is 4.67. The van der Waals surface area contributed by atoms with Gasteiger partial charge >= 0.3 is 5.97 Å². The minimum Gasteiger partial charge on any atom is -0.469 e. The van der Waals surface area contributed by atoms with Crippen LogP contribution in [0.1, 0.15) is 12.0 Å². The molecule has 0 spiro atoms. The molecule has 0 aromatic carbocycles. The minimum atomic E-state index is -0.171. The first kappa shape index (κ1) is 14.3. The zero-order valence-electron chi connectivity index (χ0n) is 11.6. The van der Waals surface area contributed by atoms with Gasteiger partial charge in [0.15, 0.2) is 0 Å². The van der Waals surface area contributed by atoms with Gasteiger partial charge in [-0.2, -0.15) is 5.26 Å². The number of carbonyl (C=O) groups is 1. The fraction of sp³-hybridized carbons (Fsp3) is 0.500. The molecule has 2 heterocycles. The molecule has 20 heavy (non-hydrogen) atoms. The van der Waals surface area contributed by atoms with Crippen molar-refractivity contribution < 1.29 is 9.53 Å². The van der Waals surface area contributed by atoms with Crippen molar-refractivity contribution in [2.45, 2.75) is 6.42 Å². The minimum absolute atomic E-state index is 0.171. The van der Waals surface area contributed by atoms with E-state index in [0.717, 1.165) is 38.5 Å². The molecule has 106 valence electrons. The first-order chi connectivity index (χ1) is 9.72. The number of nitriles is 1. The van der Waals surface area contributed by atoms with Crippen LogP contribution in [0.25, 0.3) is 0 Å². The molecule has 0 amide bonds. The van der Waals surface area contributed by atoms with E-state index in [0.29, 0.717) is 12.0 Å². The van der Waals surface area contributed by atoms with E-state index in [1.54, 1.807) is 12.3 Å². The predicted octanol–water partition coefficient (Wildman–Crippen LogP) is 0.638. The molecule has 0 unspecified atom stereocenters. The predicted molar refractivity (Wildman–Crippen MR) is 74.2 cm³/mol. The number of anilines is 1. The Balaban J connectivity index is 1.85. The molecule has 0 saturated carbocycles. The summed E-state index contributed by atoms with van der Waals surface area (Å²) >= 11 is 0. The normalized spacial score (nSPS) is 15.7. The summed E-state index contributed by atoms with van der Waals surface area (Å²) in [5.41, 5.74) is 0.628. The van der Waals surface area contributed by atoms with Crippen molar-refractivity contribution in [3.63, 3.8) is 0 Å². The van der Waals surface area contributed by atoms with Gasteiger partial charge in [-0.1, -0.05) is 0 Å². The van der Waals surface area contributed by atoms with E-state index in [-0.39, 0.29) is 5.97 Å². The molecule has 1 saturated heterocycles. The number of aromatic nitrogens is 1. The van der Waals surface area contributed by atoms with Gasteiger partial charge in [-0.3, -0.25) is 9.69 Å². The molecule has 0 bridgehead atoms. The number of rotatable bonds is 4. The van der Waals surface area contributed by atoms with Crippen molar-refractivity contribution in [3.05, 3.63) is 23.9 Å². The van der Waals surface area contributed by atoms with Gasteiger partial charge in [-0.15, -0.1) is 0 Å². The molecule has 0 atom stereocenters. The van der Waals surface area contributed by atoms with Crippen molar-refractivity contribution in [2.24, 2.45) is 0 Å². The molecule has 0 radical (unpaired) electrons. The van der Waals surface area contributed by atoms with Crippen LogP contribution in [-0.4, -0.2) is 55.7 Å². The van der Waals surface area contributed by atoms with E-state index in [1.165, 1.54) is 7.11 Å². The summed E-state index contributed by atoms with van der Waals surface area (Å²) in [7, 11) is 1.41. The Morgan fingerprint density at radius 1 is 1.45 bits per heavy atom. The maximum Gasteiger partial charge on any atom is 0.306 e. The first-order valence-electron chi connectivity index (χ1n) is 6.63. The molecule has 1 fully saturated rings. The van der Waals surface area contributed by atoms with Crippen LogP contribution < -0.4 is 4.90 Å². The number of esters is 1. The third-order valence-electron chi connectivity index (χ3n) is 3.43. The van der Waals surface area contributed by atoms with Crippen LogP contribution >= 0.6 is 0 Å². The average molecular weight is 274 g/mol. The fourth-order valence-electron chi connectivity index (χ4n) is 2.21. The van der Waals surface area contributed by atoms with E-state index in [2.05, 4.69) is 25.6 Å². The number of pyridine rings is 1. The summed E-state index contributed by atoms with van der Waals surface area (Å²) in [6.07, 6.45) is 2.09. The third kappa shape index (κ3) is 3.68. The topological polar surface area (TPSA) is 69.5 Å². The Morgan fingerprint density at radius 2 is 2.20 bits per heavy atom. The van der Waals surface area contributed by atoms with Crippen LogP contribution in [0.5, 0.6) is 0 Å². The highest BCUT2D eigenvalue weighted by Crippen LogP contribution is 2.14. The van der Waals surface area contributed by atoms with Gasteiger partial charge in [0.2, 0.25) is 0 Å². The van der Waals surface area contributed by atoms with Crippen LogP contribution in [0, 0.1) is 11.3 Å². The van der Waals surface area contributed by atoms with Crippen LogP contribution in [0.15, 0.2) is 18.3 Å². The summed E-state index contributed by atoms with van der Waals surface area (Å²) in [4.78, 5) is 19.8. The summed E-state index contributed by atoms with van der Waals surface area (Å²) in [6, 6.07) is 5.64. The van der Waals surface area contributed by atoms with Crippen molar-refractivity contribution in [1.29, 1.82) is 5.26 Å². The molecule has 2 rings (SSSR count). The zero-order valence-corrected chi connectivity index (χ0v) is 11.6. The summed E-state index contributed by atoms with van der Waals surface area (Å²) in [6.45, 7) is 4.20. The Labute approximate surface area is 118 Å². The fourth-order valence-corrected chi connectivity index (χ4v) is 2.21. The molecule has 6 heteroatoms. The first-order valence-corrected chi connectivity index (χ1v) is 6.63. The molecule has 1 aliphatic rings. The van der Waals surface area contributed by atoms with Crippen LogP contribution in [0.4, 0.5) is 5.82 Å². The standard InChI is InChI=1S/C14H18N4O2/c1-20-14(19)3-5-17-6-8-18(9-7-17)13-10-12(11-15)2-4-16-13/h2,4,10H,3,5-9H2,1H3. The van der Waals surface area contributed by atoms with Gasteiger partial charge < -0.3 is 9.64 Å². The van der Waals surface area contributed by atoms with Gasteiger partial charge in [0.25, 0.3) is 0 Å². The lowest BCUT2D eigenvalue weighted by atomic mass is 10.2. The van der Waals surface area contributed by atoms with E-state index >= 15 is 0 Å². The van der Waals surface area contributed by atoms with Gasteiger partial charge in [0.05, 0.1) is 25.2 Å². The smallest absolute Gasteiger partial charge is 0.306 e. The second kappa shape index (κ2) is 6.87. The second-order valence-corrected chi connectivity index (χ2v) is 4.67. The Morgan fingerprint density at radius 3 is 2.85 bits per heavy atom. The van der Waals surface area contributed by atoms with Crippen LogP contribution in [-0.2, 0) is 9.53 Å². The number of methoxy groups -OCH3 is 1. The quantitative estimate of drug-likeness (QED) is 0.750. The molecule has 1 aromatic rings. The number of carbonyl (C=O) groups excluding carboxylic acids is 1. The van der Waals surface area contributed by atoms with Crippen LogP contribution in [0.3, 0.4) is 0 Å². The highest BCUT2D eigenvalue weighted by Gasteiger charge is 2.18. The van der Waals surface area contributed by atoms with Gasteiger partial charge in [0, 0.05) is 38.9 Å². The maximum absolute atomic E-state index is 11.1. The molecule has 0 N–H and O–H groups in total. The third-order valence-corrected chi connectivity index (χ3v) is 3.43. The molecule has 0 aliphatic carbocycles. The molecular formula is C14H18N4O2. The summed E-state index contributed by atoms with van der Waals surface area (Å²) in [5, 5.41) is 8.90. The lowest BCUT2D eigenvalue weighted by molar-refractivity contribution is -0.141. The van der Waals surface area contributed by atoms with Crippen molar-refractivity contribution >= 4 is 11.8 Å². The Bertz CT molecular complexity index is 504. The lowest BCUT2D eigenvalue weighted by Crippen LogP contribution is -2.47. The molecule has 6 nitrogen and oxygen atoms in total. The molecule has 1 aliphatic heterocycles. The number of hydrogen-bond donors (Lipinski definition) is 0. The Kier molecular flexibility index (Phi) is 4.91. The summed E-state index contributed by atoms with van der Waals surface area (Å²) < 4.78 is 4.64. The number of piperazine rings is 1. The number of nitrogens with zero attached hydrogens (tertiary/aromatic N) is 4. The highest BCUT2D eigenvalue weighted by molar-refractivity contribution is 5.69. The van der Waals surface area contributed by atoms with E-state index in [1.807, 2.05) is 6.07 Å². The van der Waals surface area contributed by atoms with Gasteiger partial charge in [0.1, 0.15) is 5.82 Å². The maximum atomic E-state index is 11.1. The van der Waals surface area contributed by atoms with Crippen molar-refractivity contribution in [1.82, 2.24) is 9.88 Å². The monoisotopic (exact) mass is 274 g/mol. The SMILES string of the molecule is COC(=O)CCN1CCN(c2cc(C#N)ccn2)CC1. The van der Waals surface area contributed by atoms with E-state index in [9.17, 15) is 4.79 Å². The Hall–Kier alpha value is -2.13. The lowest BCUT2D eigenvalue weighted by Gasteiger charge is -2.35. The molecular weight excluding hydrogens is 256 g/mol. The van der Waals surface area contributed by atoms with Gasteiger partial charge in [-0.25, -0.2) is 4.98 Å². The number of hydrogen-bond acceptors (Lipinski definition) is 6. The van der Waals surface area contributed by atoms with Crippen molar-refractivity contribution in [3.8, 4) is 6.07 Å². The van der Waals surface area contributed by atoms with Crippen molar-refractivity contribution in [2.75, 3.05) is 44.7 Å². The zero-order chi connectivity index (χ0) is 14.4. The summed E-state index contributed by atoms with van der Waals surface area (Å²) in [5.74, 6) is 0.674. The molecule has 1 aromatic heterocycles. The highest BCUT2D eigenvalue weighted by atomic mass is 16.5. The number of ether oxygens (including phenoxy) is 1. The van der Waals surface area contributed by atoms with E-state index < -0.39 is 0 Å². The average Bonchev–Trinajstić information content (AvgIpc) is 2.53. The van der Waals surface area contributed by atoms with Crippen LogP contribution in [0.2, 0.25) is 0 Å². The largest absolute Gasteiger partial charge is 0.469 e. The van der Waals surface area contributed by atoms with Gasteiger partial charge in [-0.05, 0) is 12.1 Å².